The first-order valence-electron chi connectivity index (χ1n) is 12.0. The Balaban J connectivity index is 1.56. The molecule has 0 aromatic heterocycles. The van der Waals surface area contributed by atoms with E-state index in [1.807, 2.05) is 29.2 Å². The maximum absolute atomic E-state index is 13.5. The minimum atomic E-state index is -0.0541. The monoisotopic (exact) mass is 529 g/mol. The van der Waals surface area contributed by atoms with E-state index in [0.29, 0.717) is 31.0 Å². The number of carbonyl (C=O) groups is 1. The lowest BCUT2D eigenvalue weighted by molar-refractivity contribution is -0.0390. The first-order valence-corrected chi connectivity index (χ1v) is 12.7. The second kappa shape index (κ2) is 11.1. The number of ether oxygens (including phenoxy) is 1. The molecule has 3 N–H and O–H groups in total. The Labute approximate surface area is 211 Å². The van der Waals surface area contributed by atoms with Crippen LogP contribution in [0.1, 0.15) is 17.9 Å². The molecule has 0 spiro atoms. The third-order valence-electron chi connectivity index (χ3n) is 7.11. The smallest absolute Gasteiger partial charge is 0.321 e. The highest BCUT2D eigenvalue weighted by Crippen LogP contribution is 2.42. The van der Waals surface area contributed by atoms with Gasteiger partial charge in [0.05, 0.1) is 7.11 Å². The summed E-state index contributed by atoms with van der Waals surface area (Å²) in [7, 11) is 5.83. The molecule has 2 heterocycles. The van der Waals surface area contributed by atoms with Crippen LogP contribution in [0.3, 0.4) is 0 Å². The van der Waals surface area contributed by atoms with Crippen LogP contribution in [-0.2, 0) is 0 Å². The largest absolute Gasteiger partial charge is 0.497 e. The van der Waals surface area contributed by atoms with E-state index in [4.69, 9.17) is 10.5 Å². The van der Waals surface area contributed by atoms with Gasteiger partial charge in [-0.25, -0.2) is 4.79 Å². The fraction of sp³-hybridized carbons (Fsp3) is 0.500. The van der Waals surface area contributed by atoms with Gasteiger partial charge < -0.3 is 25.6 Å². The summed E-state index contributed by atoms with van der Waals surface area (Å²) < 4.78 is 6.31. The molecule has 0 saturated carbocycles. The zero-order chi connectivity index (χ0) is 24.2. The summed E-state index contributed by atoms with van der Waals surface area (Å²) in [6.45, 7) is 4.02. The van der Waals surface area contributed by atoms with Crippen LogP contribution in [0.25, 0.3) is 0 Å². The standard InChI is InChI=1S/C26H36BrN5O2/c1-30(2)15-18-12-13-32-23(14-28)25(19-4-6-20(27)7-5-19)24(32)17-31(16-18)26(33)29-21-8-10-22(34-3)11-9-21/h4-11,18,23-25H,12-17,28H2,1-3H3,(H,29,33)/t18?,23-,24+,25+/m1/s1. The van der Waals surface area contributed by atoms with E-state index >= 15 is 0 Å². The van der Waals surface area contributed by atoms with Gasteiger partial charge in [-0.15, -0.1) is 0 Å². The predicted molar refractivity (Wildman–Crippen MR) is 140 cm³/mol. The van der Waals surface area contributed by atoms with E-state index in [0.717, 1.165) is 42.0 Å². The van der Waals surface area contributed by atoms with E-state index < -0.39 is 0 Å². The molecule has 4 atom stereocenters. The molecule has 0 radical (unpaired) electrons. The van der Waals surface area contributed by atoms with Crippen molar-refractivity contribution in [3.8, 4) is 5.75 Å². The van der Waals surface area contributed by atoms with Gasteiger partial charge in [0.2, 0.25) is 0 Å². The number of urea groups is 1. The molecule has 2 aromatic rings. The van der Waals surface area contributed by atoms with Gasteiger partial charge in [-0.3, -0.25) is 4.90 Å². The van der Waals surface area contributed by atoms with Crippen LogP contribution in [0.4, 0.5) is 10.5 Å². The number of halogens is 1. The second-order valence-corrected chi connectivity index (χ2v) is 10.6. The summed E-state index contributed by atoms with van der Waals surface area (Å²) in [5.74, 6) is 1.49. The quantitative estimate of drug-likeness (QED) is 0.597. The summed E-state index contributed by atoms with van der Waals surface area (Å²) in [5.41, 5.74) is 8.32. The van der Waals surface area contributed by atoms with Crippen molar-refractivity contribution in [3.63, 3.8) is 0 Å². The molecule has 7 nitrogen and oxygen atoms in total. The zero-order valence-corrected chi connectivity index (χ0v) is 21.9. The maximum Gasteiger partial charge on any atom is 0.321 e. The number of nitrogens with one attached hydrogen (secondary N) is 1. The molecule has 2 saturated heterocycles. The Hall–Kier alpha value is -2.13. The fourth-order valence-corrected chi connectivity index (χ4v) is 5.78. The molecule has 8 heteroatoms. The molecular formula is C26H36BrN5O2. The first-order chi connectivity index (χ1) is 16.4. The van der Waals surface area contributed by atoms with E-state index in [1.165, 1.54) is 5.56 Å². The lowest BCUT2D eigenvalue weighted by atomic mass is 9.73. The molecule has 34 heavy (non-hydrogen) atoms. The van der Waals surface area contributed by atoms with Crippen molar-refractivity contribution in [2.45, 2.75) is 24.4 Å². The number of hydrogen-bond acceptors (Lipinski definition) is 5. The van der Waals surface area contributed by atoms with Crippen LogP contribution in [0.2, 0.25) is 0 Å². The molecule has 2 aliphatic heterocycles. The molecule has 1 unspecified atom stereocenters. The second-order valence-electron chi connectivity index (χ2n) is 9.67. The third kappa shape index (κ3) is 5.57. The van der Waals surface area contributed by atoms with Crippen LogP contribution >= 0.6 is 15.9 Å². The number of rotatable bonds is 6. The van der Waals surface area contributed by atoms with Crippen molar-refractivity contribution in [2.75, 3.05) is 59.2 Å². The number of amides is 2. The Morgan fingerprint density at radius 3 is 2.47 bits per heavy atom. The average molecular weight is 531 g/mol. The van der Waals surface area contributed by atoms with Gasteiger partial charge in [0.1, 0.15) is 5.75 Å². The summed E-state index contributed by atoms with van der Waals surface area (Å²) in [4.78, 5) is 20.2. The average Bonchev–Trinajstić information content (AvgIpc) is 2.80. The number of nitrogens with two attached hydrogens (primary N) is 1. The van der Waals surface area contributed by atoms with Gasteiger partial charge in [0.25, 0.3) is 0 Å². The topological polar surface area (TPSA) is 74.1 Å². The van der Waals surface area contributed by atoms with Gasteiger partial charge in [-0.1, -0.05) is 28.1 Å². The molecule has 184 valence electrons. The maximum atomic E-state index is 13.5. The summed E-state index contributed by atoms with van der Waals surface area (Å²) in [5, 5.41) is 3.10. The SMILES string of the molecule is COc1ccc(NC(=O)N2CC(CN(C)C)CCN3[C@H](CN)[C@H](c4ccc(Br)cc4)[C@@H]3C2)cc1. The predicted octanol–water partition coefficient (Wildman–Crippen LogP) is 3.67. The highest BCUT2D eigenvalue weighted by Gasteiger charge is 2.49. The highest BCUT2D eigenvalue weighted by atomic mass is 79.9. The van der Waals surface area contributed by atoms with E-state index in [-0.39, 0.29) is 12.1 Å². The number of methoxy groups -OCH3 is 1. The van der Waals surface area contributed by atoms with Crippen molar-refractivity contribution in [1.82, 2.24) is 14.7 Å². The Bertz CT molecular complexity index is 953. The lowest BCUT2D eigenvalue weighted by Crippen LogP contribution is -2.69. The van der Waals surface area contributed by atoms with Gasteiger partial charge in [-0.05, 0) is 74.9 Å². The van der Waals surface area contributed by atoms with Crippen LogP contribution in [0, 0.1) is 5.92 Å². The Kier molecular flexibility index (Phi) is 8.14. The lowest BCUT2D eigenvalue weighted by Gasteiger charge is -2.58. The van der Waals surface area contributed by atoms with Crippen molar-refractivity contribution < 1.29 is 9.53 Å². The highest BCUT2D eigenvalue weighted by molar-refractivity contribution is 9.10. The molecule has 2 aliphatic rings. The summed E-state index contributed by atoms with van der Waals surface area (Å²) in [6.07, 6.45) is 1.05. The van der Waals surface area contributed by atoms with Crippen LogP contribution < -0.4 is 15.8 Å². The molecular weight excluding hydrogens is 494 g/mol. The fourth-order valence-electron chi connectivity index (χ4n) is 5.52. The van der Waals surface area contributed by atoms with Crippen LogP contribution in [-0.4, -0.2) is 86.7 Å². The van der Waals surface area contributed by atoms with Gasteiger partial charge in [0.15, 0.2) is 0 Å². The molecule has 2 fully saturated rings. The Morgan fingerprint density at radius 2 is 1.85 bits per heavy atom. The molecule has 0 aliphatic carbocycles. The number of carbonyl (C=O) groups excluding carboxylic acids is 1. The number of nitrogens with zero attached hydrogens (tertiary/aromatic N) is 3. The van der Waals surface area contributed by atoms with Crippen LogP contribution in [0.15, 0.2) is 53.0 Å². The minimum absolute atomic E-state index is 0.0541. The van der Waals surface area contributed by atoms with Crippen molar-refractivity contribution in [3.05, 3.63) is 58.6 Å². The van der Waals surface area contributed by atoms with Gasteiger partial charge in [-0.2, -0.15) is 0 Å². The Morgan fingerprint density at radius 1 is 1.15 bits per heavy atom. The number of anilines is 1. The number of benzene rings is 2. The van der Waals surface area contributed by atoms with E-state index in [1.54, 1.807) is 7.11 Å². The molecule has 0 bridgehead atoms. The third-order valence-corrected chi connectivity index (χ3v) is 7.64. The molecule has 2 amide bonds. The minimum Gasteiger partial charge on any atom is -0.497 e. The van der Waals surface area contributed by atoms with Gasteiger partial charge >= 0.3 is 6.03 Å². The van der Waals surface area contributed by atoms with Crippen LogP contribution in [0.5, 0.6) is 5.75 Å². The van der Waals surface area contributed by atoms with Crippen molar-refractivity contribution >= 4 is 27.6 Å². The number of hydrogen-bond donors (Lipinski definition) is 2. The van der Waals surface area contributed by atoms with Crippen molar-refractivity contribution in [2.24, 2.45) is 11.7 Å². The normalized spacial score (nSPS) is 25.2. The molecule has 2 aromatic carbocycles. The first kappa shape index (κ1) is 25.0. The molecule has 4 rings (SSSR count). The van der Waals surface area contributed by atoms with Crippen molar-refractivity contribution in [1.29, 1.82) is 0 Å². The summed E-state index contributed by atoms with van der Waals surface area (Å²) in [6, 6.07) is 16.5. The zero-order valence-electron chi connectivity index (χ0n) is 20.3. The van der Waals surface area contributed by atoms with Gasteiger partial charge in [0, 0.05) is 54.3 Å². The van der Waals surface area contributed by atoms with E-state index in [9.17, 15) is 4.79 Å². The number of fused-ring (bicyclic) bond motifs is 1. The summed E-state index contributed by atoms with van der Waals surface area (Å²) >= 11 is 3.55. The van der Waals surface area contributed by atoms with E-state index in [2.05, 4.69) is 69.4 Å².